The van der Waals surface area contributed by atoms with Gasteiger partial charge in [-0.1, -0.05) is 36.4 Å². The average molecular weight is 375 g/mol. The number of ether oxygens (including phenoxy) is 1. The molecule has 138 valence electrons. The Kier molecular flexibility index (Phi) is 7.28. The molecule has 0 heterocycles. The van der Waals surface area contributed by atoms with Gasteiger partial charge < -0.3 is 21.1 Å². The molecule has 0 spiro atoms. The first kappa shape index (κ1) is 19.6. The molecular formula is C18H21N3O4S. The van der Waals surface area contributed by atoms with E-state index in [9.17, 15) is 14.4 Å². The second-order valence-corrected chi connectivity index (χ2v) is 6.51. The van der Waals surface area contributed by atoms with Crippen molar-refractivity contribution in [2.24, 2.45) is 5.73 Å². The van der Waals surface area contributed by atoms with Crippen LogP contribution in [0.4, 0.5) is 10.5 Å². The van der Waals surface area contributed by atoms with Crippen LogP contribution in [0.5, 0.6) is 0 Å². The maximum Gasteiger partial charge on any atom is 0.329 e. The number of amides is 3. The van der Waals surface area contributed by atoms with Gasteiger partial charge in [-0.2, -0.15) is 11.8 Å². The molecule has 3 amide bonds. The summed E-state index contributed by atoms with van der Waals surface area (Å²) in [4.78, 5) is 35.2. The lowest BCUT2D eigenvalue weighted by Gasteiger charge is -2.16. The molecule has 1 atom stereocenters. The first-order chi connectivity index (χ1) is 12.5. The zero-order valence-electron chi connectivity index (χ0n) is 14.4. The van der Waals surface area contributed by atoms with Crippen LogP contribution in [0.3, 0.4) is 0 Å². The van der Waals surface area contributed by atoms with Gasteiger partial charge in [-0.25, -0.2) is 9.59 Å². The second kappa shape index (κ2) is 9.67. The van der Waals surface area contributed by atoms with Crippen LogP contribution in [-0.2, 0) is 14.3 Å². The third-order valence-corrected chi connectivity index (χ3v) is 4.26. The van der Waals surface area contributed by atoms with Gasteiger partial charge in [-0.3, -0.25) is 4.79 Å². The van der Waals surface area contributed by atoms with Gasteiger partial charge in [0.05, 0.1) is 0 Å². The zero-order chi connectivity index (χ0) is 18.9. The van der Waals surface area contributed by atoms with Crippen molar-refractivity contribution in [3.63, 3.8) is 0 Å². The highest BCUT2D eigenvalue weighted by atomic mass is 32.2. The van der Waals surface area contributed by atoms with E-state index in [2.05, 4.69) is 10.6 Å². The Hall–Kier alpha value is -2.74. The molecule has 0 aliphatic heterocycles. The number of carbonyl (C=O) groups excluding carboxylic acids is 3. The number of esters is 1. The molecule has 0 unspecified atom stereocenters. The van der Waals surface area contributed by atoms with Crippen LogP contribution in [0.15, 0.2) is 42.5 Å². The van der Waals surface area contributed by atoms with Gasteiger partial charge in [-0.15, -0.1) is 0 Å². The van der Waals surface area contributed by atoms with Crippen LogP contribution >= 0.6 is 11.8 Å². The van der Waals surface area contributed by atoms with Crippen LogP contribution in [-0.4, -0.2) is 42.6 Å². The summed E-state index contributed by atoms with van der Waals surface area (Å²) in [6, 6.07) is 11.5. The lowest BCUT2D eigenvalue weighted by molar-refractivity contribution is -0.149. The Labute approximate surface area is 155 Å². The number of nitrogens with two attached hydrogens (primary N) is 1. The minimum Gasteiger partial charge on any atom is -0.454 e. The number of benzene rings is 2. The fraction of sp³-hybridized carbons (Fsp3) is 0.278. The Morgan fingerprint density at radius 2 is 1.88 bits per heavy atom. The molecule has 2 aromatic carbocycles. The van der Waals surface area contributed by atoms with Crippen LogP contribution in [0.25, 0.3) is 10.8 Å². The third-order valence-electron chi connectivity index (χ3n) is 3.62. The molecule has 0 bridgehead atoms. The average Bonchev–Trinajstić information content (AvgIpc) is 2.63. The van der Waals surface area contributed by atoms with Gasteiger partial charge in [0.15, 0.2) is 6.61 Å². The SMILES string of the molecule is CSCC[C@@H](NC(N)=O)C(=O)OCC(=O)Nc1cccc2ccccc12. The lowest BCUT2D eigenvalue weighted by atomic mass is 10.1. The number of carbonyl (C=O) groups is 3. The van der Waals surface area contributed by atoms with Gasteiger partial charge in [0.25, 0.3) is 5.91 Å². The normalized spacial score (nSPS) is 11.6. The van der Waals surface area contributed by atoms with Gasteiger partial charge >= 0.3 is 12.0 Å². The van der Waals surface area contributed by atoms with E-state index in [1.165, 1.54) is 11.8 Å². The summed E-state index contributed by atoms with van der Waals surface area (Å²) in [5, 5.41) is 6.94. The maximum absolute atomic E-state index is 12.1. The van der Waals surface area contributed by atoms with Crippen molar-refractivity contribution in [1.29, 1.82) is 0 Å². The van der Waals surface area contributed by atoms with E-state index in [-0.39, 0.29) is 0 Å². The molecule has 0 aliphatic rings. The number of nitrogens with one attached hydrogen (secondary N) is 2. The number of thioether (sulfide) groups is 1. The highest BCUT2D eigenvalue weighted by Crippen LogP contribution is 2.22. The molecule has 4 N–H and O–H groups in total. The van der Waals surface area contributed by atoms with Crippen LogP contribution in [0, 0.1) is 0 Å². The standard InChI is InChI=1S/C18H21N3O4S/c1-26-10-9-15(21-18(19)24)17(23)25-11-16(22)20-14-8-4-6-12-5-2-3-7-13(12)14/h2-8,15H,9-11H2,1H3,(H,20,22)(H3,19,21,24)/t15-/m1/s1. The summed E-state index contributed by atoms with van der Waals surface area (Å²) < 4.78 is 5.02. The topological polar surface area (TPSA) is 111 Å². The Balaban J connectivity index is 1.94. The van der Waals surface area contributed by atoms with E-state index >= 15 is 0 Å². The predicted octanol–water partition coefficient (Wildman–Crippen LogP) is 2.11. The third kappa shape index (κ3) is 5.66. The summed E-state index contributed by atoms with van der Waals surface area (Å²) in [6.07, 6.45) is 2.25. The zero-order valence-corrected chi connectivity index (χ0v) is 15.2. The lowest BCUT2D eigenvalue weighted by Crippen LogP contribution is -2.45. The summed E-state index contributed by atoms with van der Waals surface area (Å²) in [7, 11) is 0. The number of primary amides is 1. The molecule has 0 radical (unpaired) electrons. The fourth-order valence-electron chi connectivity index (χ4n) is 2.41. The summed E-state index contributed by atoms with van der Waals surface area (Å²) >= 11 is 1.52. The highest BCUT2D eigenvalue weighted by molar-refractivity contribution is 7.98. The molecule has 7 nitrogen and oxygen atoms in total. The Bertz CT molecular complexity index is 792. The van der Waals surface area contributed by atoms with Gasteiger partial charge in [0.2, 0.25) is 0 Å². The number of fused-ring (bicyclic) bond motifs is 1. The van der Waals surface area contributed by atoms with Crippen molar-refractivity contribution >= 4 is 46.1 Å². The van der Waals surface area contributed by atoms with E-state index in [1.54, 1.807) is 6.07 Å². The first-order valence-electron chi connectivity index (χ1n) is 8.00. The predicted molar refractivity (Wildman–Crippen MR) is 103 cm³/mol. The van der Waals surface area contributed by atoms with Gasteiger partial charge in [-0.05, 0) is 29.9 Å². The number of rotatable bonds is 8. The fourth-order valence-corrected chi connectivity index (χ4v) is 2.89. The van der Waals surface area contributed by atoms with Crippen molar-refractivity contribution < 1.29 is 19.1 Å². The second-order valence-electron chi connectivity index (χ2n) is 5.53. The maximum atomic E-state index is 12.1. The molecule has 0 saturated carbocycles. The van der Waals surface area contributed by atoms with Crippen molar-refractivity contribution in [2.75, 3.05) is 23.9 Å². The van der Waals surface area contributed by atoms with Crippen LogP contribution in [0.1, 0.15) is 6.42 Å². The molecule has 2 rings (SSSR count). The van der Waals surface area contributed by atoms with E-state index < -0.39 is 30.6 Å². The molecular weight excluding hydrogens is 354 g/mol. The first-order valence-corrected chi connectivity index (χ1v) is 9.40. The van der Waals surface area contributed by atoms with Crippen molar-refractivity contribution in [3.05, 3.63) is 42.5 Å². The van der Waals surface area contributed by atoms with E-state index in [0.717, 1.165) is 10.8 Å². The van der Waals surface area contributed by atoms with Crippen molar-refractivity contribution in [2.45, 2.75) is 12.5 Å². The number of anilines is 1. The molecule has 26 heavy (non-hydrogen) atoms. The number of hydrogen-bond acceptors (Lipinski definition) is 5. The van der Waals surface area contributed by atoms with Gasteiger partial charge in [0, 0.05) is 11.1 Å². The minimum absolute atomic E-state index is 0.369. The largest absolute Gasteiger partial charge is 0.454 e. The summed E-state index contributed by atoms with van der Waals surface area (Å²) in [5.74, 6) is -0.509. The Morgan fingerprint density at radius 3 is 2.62 bits per heavy atom. The van der Waals surface area contributed by atoms with Crippen LogP contribution in [0.2, 0.25) is 0 Å². The van der Waals surface area contributed by atoms with E-state index in [0.29, 0.717) is 17.9 Å². The van der Waals surface area contributed by atoms with Gasteiger partial charge in [0.1, 0.15) is 6.04 Å². The molecule has 0 aromatic heterocycles. The minimum atomic E-state index is -0.870. The highest BCUT2D eigenvalue weighted by Gasteiger charge is 2.22. The molecule has 0 saturated heterocycles. The quantitative estimate of drug-likeness (QED) is 0.612. The summed E-state index contributed by atoms with van der Waals surface area (Å²) in [6.45, 7) is -0.446. The smallest absolute Gasteiger partial charge is 0.329 e. The number of urea groups is 1. The van der Waals surface area contributed by atoms with Crippen LogP contribution < -0.4 is 16.4 Å². The molecule has 0 fully saturated rings. The van der Waals surface area contributed by atoms with E-state index in [1.807, 2.05) is 42.7 Å². The number of hydrogen-bond donors (Lipinski definition) is 3. The molecule has 8 heteroatoms. The summed E-state index contributed by atoms with van der Waals surface area (Å²) in [5.41, 5.74) is 5.71. The van der Waals surface area contributed by atoms with Crippen molar-refractivity contribution in [1.82, 2.24) is 5.32 Å². The molecule has 0 aliphatic carbocycles. The molecule has 2 aromatic rings. The van der Waals surface area contributed by atoms with E-state index in [4.69, 9.17) is 10.5 Å². The Morgan fingerprint density at radius 1 is 1.15 bits per heavy atom. The monoisotopic (exact) mass is 375 g/mol. The van der Waals surface area contributed by atoms with Crippen molar-refractivity contribution in [3.8, 4) is 0 Å².